The molecule has 1 aliphatic rings. The fourth-order valence-corrected chi connectivity index (χ4v) is 1.67. The molecule has 15 heavy (non-hydrogen) atoms. The Morgan fingerprint density at radius 3 is 2.73 bits per heavy atom. The Morgan fingerprint density at radius 2 is 2.27 bits per heavy atom. The highest BCUT2D eigenvalue weighted by molar-refractivity contribution is 5.89. The molecular formula is C10H13NO4. The average molecular weight is 211 g/mol. The molecule has 0 saturated carbocycles. The molecule has 0 bridgehead atoms. The zero-order valence-corrected chi connectivity index (χ0v) is 8.94. The summed E-state index contributed by atoms with van der Waals surface area (Å²) in [6, 6.07) is 0. The van der Waals surface area contributed by atoms with E-state index >= 15 is 0 Å². The van der Waals surface area contributed by atoms with Gasteiger partial charge in [-0.05, 0) is 19.3 Å². The first-order valence-electron chi connectivity index (χ1n) is 4.61. The Morgan fingerprint density at radius 1 is 1.67 bits per heavy atom. The Labute approximate surface area is 87.6 Å². The zero-order chi connectivity index (χ0) is 11.6. The van der Waals surface area contributed by atoms with Crippen molar-refractivity contribution in [1.29, 1.82) is 0 Å². The lowest BCUT2D eigenvalue weighted by molar-refractivity contribution is -0.420. The Hall–Kier alpha value is -1.65. The fourth-order valence-electron chi connectivity index (χ4n) is 1.67. The molecule has 0 aromatic heterocycles. The van der Waals surface area contributed by atoms with Crippen LogP contribution in [-0.2, 0) is 9.53 Å². The predicted molar refractivity (Wildman–Crippen MR) is 53.6 cm³/mol. The van der Waals surface area contributed by atoms with Gasteiger partial charge in [0, 0.05) is 17.2 Å². The standard InChI is InChI=1S/C10H13NO4/c1-6-4-7(2)9(11(13)14)5-8(6)10(12)15-3/h5-6H,4H2,1-3H3. The molecule has 1 rings (SSSR count). The van der Waals surface area contributed by atoms with Crippen molar-refractivity contribution in [3.8, 4) is 0 Å². The van der Waals surface area contributed by atoms with Crippen molar-refractivity contribution >= 4 is 5.97 Å². The summed E-state index contributed by atoms with van der Waals surface area (Å²) in [5.74, 6) is -0.518. The monoisotopic (exact) mass is 211 g/mol. The molecule has 1 atom stereocenters. The zero-order valence-electron chi connectivity index (χ0n) is 8.94. The fraction of sp³-hybridized carbons (Fsp3) is 0.500. The van der Waals surface area contributed by atoms with E-state index in [1.165, 1.54) is 13.2 Å². The molecule has 5 nitrogen and oxygen atoms in total. The molecule has 1 aliphatic carbocycles. The molecule has 0 radical (unpaired) electrons. The number of hydrogen-bond acceptors (Lipinski definition) is 4. The van der Waals surface area contributed by atoms with Crippen molar-refractivity contribution in [2.45, 2.75) is 20.3 Å². The second-order valence-corrected chi connectivity index (χ2v) is 3.62. The molecule has 0 saturated heterocycles. The minimum atomic E-state index is -0.491. The second kappa shape index (κ2) is 4.25. The van der Waals surface area contributed by atoms with Gasteiger partial charge in [-0.1, -0.05) is 6.92 Å². The molecule has 0 amide bonds. The number of carbonyl (C=O) groups is 1. The van der Waals surface area contributed by atoms with Crippen molar-refractivity contribution in [1.82, 2.24) is 0 Å². The number of esters is 1. The van der Waals surface area contributed by atoms with Gasteiger partial charge in [0.25, 0.3) is 5.70 Å². The highest BCUT2D eigenvalue weighted by Crippen LogP contribution is 2.29. The maximum absolute atomic E-state index is 11.3. The van der Waals surface area contributed by atoms with Crippen LogP contribution in [-0.4, -0.2) is 18.0 Å². The maximum atomic E-state index is 11.3. The smallest absolute Gasteiger partial charge is 0.334 e. The minimum absolute atomic E-state index is 0.00787. The van der Waals surface area contributed by atoms with Crippen molar-refractivity contribution in [2.75, 3.05) is 7.11 Å². The van der Waals surface area contributed by atoms with Gasteiger partial charge in [-0.15, -0.1) is 0 Å². The van der Waals surface area contributed by atoms with E-state index in [4.69, 9.17) is 0 Å². The highest BCUT2D eigenvalue weighted by Gasteiger charge is 2.28. The van der Waals surface area contributed by atoms with Crippen LogP contribution in [0.2, 0.25) is 0 Å². The van der Waals surface area contributed by atoms with E-state index in [-0.39, 0.29) is 11.6 Å². The lowest BCUT2D eigenvalue weighted by Gasteiger charge is -2.18. The second-order valence-electron chi connectivity index (χ2n) is 3.62. The van der Waals surface area contributed by atoms with Crippen LogP contribution < -0.4 is 0 Å². The number of carbonyl (C=O) groups excluding carboxylic acids is 1. The van der Waals surface area contributed by atoms with Crippen LogP contribution in [0.25, 0.3) is 0 Å². The Kier molecular flexibility index (Phi) is 3.24. The van der Waals surface area contributed by atoms with E-state index in [1.54, 1.807) is 6.92 Å². The van der Waals surface area contributed by atoms with Crippen molar-refractivity contribution in [3.63, 3.8) is 0 Å². The predicted octanol–water partition coefficient (Wildman–Crippen LogP) is 1.68. The molecule has 82 valence electrons. The SMILES string of the molecule is COC(=O)C1=CC([N+](=O)[O-])=C(C)CC1C. The summed E-state index contributed by atoms with van der Waals surface area (Å²) in [7, 11) is 1.27. The first kappa shape index (κ1) is 11.4. The molecule has 0 N–H and O–H groups in total. The number of rotatable bonds is 2. The molecule has 0 fully saturated rings. The number of allylic oxidation sites excluding steroid dienone is 2. The van der Waals surface area contributed by atoms with Crippen LogP contribution in [0, 0.1) is 16.0 Å². The highest BCUT2D eigenvalue weighted by atomic mass is 16.6. The third-order valence-electron chi connectivity index (χ3n) is 2.49. The molecule has 0 spiro atoms. The van der Waals surface area contributed by atoms with Gasteiger partial charge in [0.2, 0.25) is 0 Å². The van der Waals surface area contributed by atoms with E-state index in [0.717, 1.165) is 0 Å². The summed E-state index contributed by atoms with van der Waals surface area (Å²) in [5.41, 5.74) is 1.07. The third-order valence-corrected chi connectivity index (χ3v) is 2.49. The topological polar surface area (TPSA) is 69.4 Å². The number of nitro groups is 1. The van der Waals surface area contributed by atoms with Crippen LogP contribution in [0.1, 0.15) is 20.3 Å². The van der Waals surface area contributed by atoms with Crippen molar-refractivity contribution < 1.29 is 14.5 Å². The first-order chi connectivity index (χ1) is 6.97. The summed E-state index contributed by atoms with van der Waals surface area (Å²) in [5, 5.41) is 10.7. The summed E-state index contributed by atoms with van der Waals surface area (Å²) in [4.78, 5) is 21.5. The molecule has 0 heterocycles. The molecule has 5 heteroatoms. The lowest BCUT2D eigenvalue weighted by atomic mass is 9.87. The van der Waals surface area contributed by atoms with E-state index in [2.05, 4.69) is 4.74 Å². The third kappa shape index (κ3) is 2.23. The number of nitrogens with zero attached hydrogens (tertiary/aromatic N) is 1. The van der Waals surface area contributed by atoms with E-state index in [9.17, 15) is 14.9 Å². The molecular weight excluding hydrogens is 198 g/mol. The van der Waals surface area contributed by atoms with Crippen LogP contribution in [0.4, 0.5) is 0 Å². The van der Waals surface area contributed by atoms with Crippen LogP contribution >= 0.6 is 0 Å². The van der Waals surface area contributed by atoms with Crippen LogP contribution in [0.15, 0.2) is 22.9 Å². The summed E-state index contributed by atoms with van der Waals surface area (Å²) >= 11 is 0. The van der Waals surface area contributed by atoms with Gasteiger partial charge in [-0.2, -0.15) is 0 Å². The van der Waals surface area contributed by atoms with Gasteiger partial charge < -0.3 is 4.74 Å². The maximum Gasteiger partial charge on any atom is 0.334 e. The number of ether oxygens (including phenoxy) is 1. The summed E-state index contributed by atoms with van der Waals surface area (Å²) in [6.07, 6.45) is 1.84. The molecule has 0 aromatic rings. The van der Waals surface area contributed by atoms with Gasteiger partial charge in [0.15, 0.2) is 0 Å². The van der Waals surface area contributed by atoms with E-state index < -0.39 is 10.9 Å². The van der Waals surface area contributed by atoms with Gasteiger partial charge in [0.1, 0.15) is 0 Å². The van der Waals surface area contributed by atoms with Crippen LogP contribution in [0.3, 0.4) is 0 Å². The van der Waals surface area contributed by atoms with Gasteiger partial charge in [0.05, 0.1) is 12.0 Å². The average Bonchev–Trinajstić information content (AvgIpc) is 2.16. The largest absolute Gasteiger partial charge is 0.466 e. The number of methoxy groups -OCH3 is 1. The van der Waals surface area contributed by atoms with Gasteiger partial charge >= 0.3 is 5.97 Å². The lowest BCUT2D eigenvalue weighted by Crippen LogP contribution is -2.18. The Bertz CT molecular complexity index is 368. The number of hydrogen-bond donors (Lipinski definition) is 0. The first-order valence-corrected chi connectivity index (χ1v) is 4.61. The summed E-state index contributed by atoms with van der Waals surface area (Å²) in [6.45, 7) is 3.56. The normalized spacial score (nSPS) is 21.0. The molecule has 0 aromatic carbocycles. The molecule has 0 aliphatic heterocycles. The molecule has 1 unspecified atom stereocenters. The van der Waals surface area contributed by atoms with Crippen molar-refractivity contribution in [3.05, 3.63) is 33.0 Å². The quantitative estimate of drug-likeness (QED) is 0.396. The minimum Gasteiger partial charge on any atom is -0.466 e. The van der Waals surface area contributed by atoms with Crippen molar-refractivity contribution in [2.24, 2.45) is 5.92 Å². The van der Waals surface area contributed by atoms with Gasteiger partial charge in [-0.3, -0.25) is 10.1 Å². The summed E-state index contributed by atoms with van der Waals surface area (Å²) < 4.78 is 4.57. The van der Waals surface area contributed by atoms with E-state index in [1.807, 2.05) is 6.92 Å². The Balaban J connectivity index is 3.11. The van der Waals surface area contributed by atoms with Gasteiger partial charge in [-0.25, -0.2) is 4.79 Å². The van der Waals surface area contributed by atoms with Crippen LogP contribution in [0.5, 0.6) is 0 Å². The van der Waals surface area contributed by atoms with E-state index in [0.29, 0.717) is 17.6 Å².